The maximum Gasteiger partial charge on any atom is 0.255 e. The minimum Gasteiger partial charge on any atom is -0.490 e. The van der Waals surface area contributed by atoms with Crippen molar-refractivity contribution in [2.45, 2.75) is 34.1 Å². The number of nitrogens with one attached hydrogen (secondary N) is 1. The number of halogens is 1. The topological polar surface area (TPSA) is 47.6 Å². The van der Waals surface area contributed by atoms with Gasteiger partial charge in [-0.05, 0) is 62.6 Å². The summed E-state index contributed by atoms with van der Waals surface area (Å²) >= 11 is 6.32. The molecule has 134 valence electrons. The van der Waals surface area contributed by atoms with Crippen LogP contribution < -0.4 is 14.8 Å². The van der Waals surface area contributed by atoms with Gasteiger partial charge in [-0.3, -0.25) is 4.79 Å². The molecule has 0 aliphatic carbocycles. The van der Waals surface area contributed by atoms with Crippen LogP contribution in [0.4, 0.5) is 5.69 Å². The third-order valence-electron chi connectivity index (χ3n) is 3.50. The normalized spacial score (nSPS) is 10.4. The van der Waals surface area contributed by atoms with Gasteiger partial charge in [-0.1, -0.05) is 24.6 Å². The molecule has 0 aliphatic heterocycles. The summed E-state index contributed by atoms with van der Waals surface area (Å²) in [6.45, 7) is 8.87. The van der Waals surface area contributed by atoms with E-state index in [1.54, 1.807) is 12.1 Å². The molecule has 1 amide bonds. The van der Waals surface area contributed by atoms with Crippen LogP contribution in [0.15, 0.2) is 30.3 Å². The SMILES string of the molecule is CCCOc1c(Cl)cc(C(=O)Nc2cc(C)cc(C)c2)cc1OCC. The fraction of sp³-hybridized carbons (Fsp3) is 0.350. The molecule has 0 unspecified atom stereocenters. The van der Waals surface area contributed by atoms with Crippen molar-refractivity contribution in [1.82, 2.24) is 0 Å². The number of ether oxygens (including phenoxy) is 2. The zero-order chi connectivity index (χ0) is 18.4. The quantitative estimate of drug-likeness (QED) is 0.718. The van der Waals surface area contributed by atoms with E-state index in [1.165, 1.54) is 0 Å². The average Bonchev–Trinajstić information content (AvgIpc) is 2.53. The third kappa shape index (κ3) is 5.13. The van der Waals surface area contributed by atoms with Crippen LogP contribution in [0.3, 0.4) is 0 Å². The molecule has 1 N–H and O–H groups in total. The van der Waals surface area contributed by atoms with Gasteiger partial charge < -0.3 is 14.8 Å². The predicted octanol–water partition coefficient (Wildman–Crippen LogP) is 5.40. The average molecular weight is 362 g/mol. The number of hydrogen-bond donors (Lipinski definition) is 1. The Labute approximate surface area is 154 Å². The molecule has 2 rings (SSSR count). The Morgan fingerprint density at radius 1 is 1.04 bits per heavy atom. The molecule has 0 saturated carbocycles. The summed E-state index contributed by atoms with van der Waals surface area (Å²) in [6.07, 6.45) is 0.858. The van der Waals surface area contributed by atoms with Crippen molar-refractivity contribution in [1.29, 1.82) is 0 Å². The Hall–Kier alpha value is -2.20. The van der Waals surface area contributed by atoms with Crippen LogP contribution in [0.2, 0.25) is 5.02 Å². The van der Waals surface area contributed by atoms with Crippen LogP contribution in [-0.4, -0.2) is 19.1 Å². The van der Waals surface area contributed by atoms with E-state index in [0.717, 1.165) is 23.2 Å². The molecule has 0 bridgehead atoms. The molecule has 25 heavy (non-hydrogen) atoms. The maximum atomic E-state index is 12.6. The van der Waals surface area contributed by atoms with E-state index in [9.17, 15) is 4.79 Å². The van der Waals surface area contributed by atoms with Gasteiger partial charge in [-0.15, -0.1) is 0 Å². The van der Waals surface area contributed by atoms with Crippen molar-refractivity contribution < 1.29 is 14.3 Å². The summed E-state index contributed by atoms with van der Waals surface area (Å²) in [4.78, 5) is 12.6. The molecule has 2 aromatic rings. The first-order valence-corrected chi connectivity index (χ1v) is 8.81. The fourth-order valence-electron chi connectivity index (χ4n) is 2.56. The van der Waals surface area contributed by atoms with Gasteiger partial charge in [0.15, 0.2) is 11.5 Å². The lowest BCUT2D eigenvalue weighted by Gasteiger charge is -2.15. The molecule has 5 heteroatoms. The highest BCUT2D eigenvalue weighted by Crippen LogP contribution is 2.37. The number of amides is 1. The number of rotatable bonds is 7. The van der Waals surface area contributed by atoms with Gasteiger partial charge in [0.05, 0.1) is 18.2 Å². The van der Waals surface area contributed by atoms with Crippen LogP contribution in [0, 0.1) is 13.8 Å². The largest absolute Gasteiger partial charge is 0.490 e. The van der Waals surface area contributed by atoms with Crippen molar-refractivity contribution >= 4 is 23.2 Å². The van der Waals surface area contributed by atoms with Gasteiger partial charge in [0.25, 0.3) is 5.91 Å². The molecule has 0 radical (unpaired) electrons. The number of benzene rings is 2. The molecule has 0 fully saturated rings. The first-order valence-electron chi connectivity index (χ1n) is 8.43. The van der Waals surface area contributed by atoms with E-state index >= 15 is 0 Å². The predicted molar refractivity (Wildman–Crippen MR) is 102 cm³/mol. The standard InChI is InChI=1S/C20H24ClNO3/c1-5-7-25-19-17(21)11-15(12-18(19)24-6-2)20(23)22-16-9-13(3)8-14(4)10-16/h8-12H,5-7H2,1-4H3,(H,22,23). The van der Waals surface area contributed by atoms with Gasteiger partial charge in [0, 0.05) is 11.3 Å². The lowest BCUT2D eigenvalue weighted by molar-refractivity contribution is 0.102. The summed E-state index contributed by atoms with van der Waals surface area (Å²) in [5.41, 5.74) is 3.36. The van der Waals surface area contributed by atoms with Crippen molar-refractivity contribution in [2.75, 3.05) is 18.5 Å². The molecule has 0 saturated heterocycles. The Morgan fingerprint density at radius 2 is 1.72 bits per heavy atom. The number of carbonyl (C=O) groups excluding carboxylic acids is 1. The lowest BCUT2D eigenvalue weighted by Crippen LogP contribution is -2.13. The number of carbonyl (C=O) groups is 1. The minimum atomic E-state index is -0.241. The maximum absolute atomic E-state index is 12.6. The highest BCUT2D eigenvalue weighted by Gasteiger charge is 2.16. The number of anilines is 1. The summed E-state index contributed by atoms with van der Waals surface area (Å²) in [6, 6.07) is 9.17. The summed E-state index contributed by atoms with van der Waals surface area (Å²) < 4.78 is 11.3. The highest BCUT2D eigenvalue weighted by molar-refractivity contribution is 6.32. The van der Waals surface area contributed by atoms with E-state index in [2.05, 4.69) is 11.4 Å². The second-order valence-corrected chi connectivity index (χ2v) is 6.30. The molecule has 0 aliphatic rings. The van der Waals surface area contributed by atoms with Crippen molar-refractivity contribution in [3.8, 4) is 11.5 Å². The lowest BCUT2D eigenvalue weighted by atomic mass is 10.1. The van der Waals surface area contributed by atoms with Gasteiger partial charge >= 0.3 is 0 Å². The van der Waals surface area contributed by atoms with Crippen molar-refractivity contribution in [2.24, 2.45) is 0 Å². The molecule has 0 heterocycles. The first kappa shape index (κ1) is 19.1. The van der Waals surface area contributed by atoms with Crippen molar-refractivity contribution in [3.05, 3.63) is 52.0 Å². The number of hydrogen-bond acceptors (Lipinski definition) is 3. The Kier molecular flexibility index (Phi) is 6.71. The third-order valence-corrected chi connectivity index (χ3v) is 3.78. The summed E-state index contributed by atoms with van der Waals surface area (Å²) in [7, 11) is 0. The Balaban J connectivity index is 2.29. The molecule has 0 spiro atoms. The molecule has 0 atom stereocenters. The van der Waals surface area contributed by atoms with E-state index < -0.39 is 0 Å². The van der Waals surface area contributed by atoms with Crippen LogP contribution in [0.5, 0.6) is 11.5 Å². The molecule has 2 aromatic carbocycles. The van der Waals surface area contributed by atoms with Crippen LogP contribution >= 0.6 is 11.6 Å². The molecule has 4 nitrogen and oxygen atoms in total. The summed E-state index contributed by atoms with van der Waals surface area (Å²) in [5.74, 6) is 0.720. The number of aryl methyl sites for hydroxylation is 2. The first-order chi connectivity index (χ1) is 11.9. The molecule has 0 aromatic heterocycles. The van der Waals surface area contributed by atoms with Gasteiger partial charge in [0.1, 0.15) is 0 Å². The van der Waals surface area contributed by atoms with E-state index in [-0.39, 0.29) is 5.91 Å². The van der Waals surface area contributed by atoms with E-state index in [1.807, 2.05) is 39.8 Å². The highest BCUT2D eigenvalue weighted by atomic mass is 35.5. The van der Waals surface area contributed by atoms with E-state index in [4.69, 9.17) is 21.1 Å². The van der Waals surface area contributed by atoms with Crippen LogP contribution in [0.1, 0.15) is 41.8 Å². The smallest absolute Gasteiger partial charge is 0.255 e. The minimum absolute atomic E-state index is 0.241. The zero-order valence-electron chi connectivity index (χ0n) is 15.1. The van der Waals surface area contributed by atoms with Crippen LogP contribution in [0.25, 0.3) is 0 Å². The monoisotopic (exact) mass is 361 g/mol. The Morgan fingerprint density at radius 3 is 2.32 bits per heavy atom. The Bertz CT molecular complexity index is 739. The van der Waals surface area contributed by atoms with Gasteiger partial charge in [0.2, 0.25) is 0 Å². The van der Waals surface area contributed by atoms with Crippen molar-refractivity contribution in [3.63, 3.8) is 0 Å². The zero-order valence-corrected chi connectivity index (χ0v) is 15.9. The van der Waals surface area contributed by atoms with E-state index in [0.29, 0.717) is 35.3 Å². The molecular weight excluding hydrogens is 338 g/mol. The van der Waals surface area contributed by atoms with Crippen LogP contribution in [-0.2, 0) is 0 Å². The van der Waals surface area contributed by atoms with Gasteiger partial charge in [-0.25, -0.2) is 0 Å². The molecular formula is C20H24ClNO3. The summed E-state index contributed by atoms with van der Waals surface area (Å²) in [5, 5.41) is 3.27. The second-order valence-electron chi connectivity index (χ2n) is 5.90. The van der Waals surface area contributed by atoms with Gasteiger partial charge in [-0.2, -0.15) is 0 Å². The second kappa shape index (κ2) is 8.77. The fourth-order valence-corrected chi connectivity index (χ4v) is 2.82.